The maximum Gasteiger partial charge on any atom is 0.330 e. The Morgan fingerprint density at radius 3 is 3.00 bits per heavy atom. The molecule has 8 nitrogen and oxygen atoms in total. The van der Waals surface area contributed by atoms with Gasteiger partial charge < -0.3 is 14.6 Å². The Bertz CT molecular complexity index is 1320. The fourth-order valence-electron chi connectivity index (χ4n) is 4.75. The van der Waals surface area contributed by atoms with E-state index >= 15 is 0 Å². The van der Waals surface area contributed by atoms with Crippen LogP contribution in [0.3, 0.4) is 0 Å². The van der Waals surface area contributed by atoms with Crippen molar-refractivity contribution in [1.82, 2.24) is 24.0 Å². The van der Waals surface area contributed by atoms with Crippen molar-refractivity contribution in [2.24, 2.45) is 0 Å². The quantitative estimate of drug-likeness (QED) is 0.486. The average Bonchev–Trinajstić information content (AvgIpc) is 3.52. The number of ether oxygens (including phenoxy) is 1. The van der Waals surface area contributed by atoms with E-state index in [1.807, 2.05) is 41.4 Å². The number of hydrogen-bond donors (Lipinski definition) is 1. The van der Waals surface area contributed by atoms with Gasteiger partial charge in [-0.05, 0) is 36.6 Å². The fraction of sp³-hybridized carbons (Fsp3) is 0.375. The Morgan fingerprint density at radius 1 is 1.25 bits per heavy atom. The van der Waals surface area contributed by atoms with Crippen LogP contribution in [-0.4, -0.2) is 56.7 Å². The molecule has 1 atom stereocenters. The zero-order valence-corrected chi connectivity index (χ0v) is 18.2. The van der Waals surface area contributed by atoms with Gasteiger partial charge in [0, 0.05) is 49.9 Å². The molecule has 1 fully saturated rings. The third kappa shape index (κ3) is 3.60. The van der Waals surface area contributed by atoms with Gasteiger partial charge in [0.2, 0.25) is 5.91 Å². The van der Waals surface area contributed by atoms with Crippen LogP contribution in [0.4, 0.5) is 0 Å². The van der Waals surface area contributed by atoms with E-state index in [2.05, 4.69) is 16.0 Å². The number of benzene rings is 1. The Labute approximate surface area is 185 Å². The molecule has 8 heteroatoms. The number of fused-ring (bicyclic) bond motifs is 2. The van der Waals surface area contributed by atoms with Crippen LogP contribution in [0, 0.1) is 0 Å². The predicted molar refractivity (Wildman–Crippen MR) is 123 cm³/mol. The number of hydrogen-bond acceptors (Lipinski definition) is 4. The summed E-state index contributed by atoms with van der Waals surface area (Å²) in [5, 5.41) is 1.17. The van der Waals surface area contributed by atoms with Crippen LogP contribution in [0.25, 0.3) is 22.1 Å². The minimum atomic E-state index is -0.0890. The van der Waals surface area contributed by atoms with Gasteiger partial charge in [-0.3, -0.25) is 13.9 Å². The number of methoxy groups -OCH3 is 1. The first-order valence-electron chi connectivity index (χ1n) is 11.0. The van der Waals surface area contributed by atoms with Crippen molar-refractivity contribution in [2.75, 3.05) is 26.8 Å². The number of carbonyl (C=O) groups is 1. The lowest BCUT2D eigenvalue weighted by Crippen LogP contribution is -2.32. The van der Waals surface area contributed by atoms with E-state index in [1.54, 1.807) is 22.4 Å². The fourth-order valence-corrected chi connectivity index (χ4v) is 4.75. The molecule has 5 rings (SSSR count). The van der Waals surface area contributed by atoms with Crippen molar-refractivity contribution < 1.29 is 9.53 Å². The van der Waals surface area contributed by atoms with Crippen LogP contribution < -0.4 is 5.69 Å². The van der Waals surface area contributed by atoms with Crippen molar-refractivity contribution in [3.8, 4) is 0 Å². The second-order valence-electron chi connectivity index (χ2n) is 8.28. The van der Waals surface area contributed by atoms with Crippen LogP contribution in [0.5, 0.6) is 0 Å². The number of aromatic nitrogens is 4. The normalized spacial score (nSPS) is 16.4. The topological polar surface area (TPSA) is 85.1 Å². The maximum atomic E-state index is 13.2. The summed E-state index contributed by atoms with van der Waals surface area (Å²) in [5.41, 5.74) is 3.64. The number of rotatable bonds is 7. The molecule has 4 aromatic rings. The summed E-state index contributed by atoms with van der Waals surface area (Å²) in [5.74, 6) is 0.127. The van der Waals surface area contributed by atoms with Gasteiger partial charge in [0.05, 0.1) is 24.7 Å². The minimum Gasteiger partial charge on any atom is -0.383 e. The standard InChI is InChI=1S/C24H27N5O3/c1-32-14-13-28-21-7-4-11-25-23(21)29(24(28)31)18-10-12-27(16-18)22(30)9-8-17-15-26-20-6-3-2-5-19(17)20/h2-7,11,15,18,26H,8-10,12-14,16H2,1H3/t18-/m1/s1. The first-order chi connectivity index (χ1) is 15.7. The molecule has 1 aliphatic rings. The Kier molecular flexibility index (Phi) is 5.53. The minimum absolute atomic E-state index is 0.0688. The van der Waals surface area contributed by atoms with Crippen molar-refractivity contribution in [3.05, 3.63) is 64.8 Å². The SMILES string of the molecule is COCCn1c(=O)n([C@@H]2CCN(C(=O)CCc3c[nH]c4ccccc34)C2)c2ncccc21. The number of H-pyrrole nitrogens is 1. The third-order valence-electron chi connectivity index (χ3n) is 6.41. The van der Waals surface area contributed by atoms with Gasteiger partial charge >= 0.3 is 5.69 Å². The molecule has 1 amide bonds. The molecule has 4 heterocycles. The summed E-state index contributed by atoms with van der Waals surface area (Å²) in [4.78, 5) is 35.8. The van der Waals surface area contributed by atoms with Crippen LogP contribution in [0.15, 0.2) is 53.6 Å². The van der Waals surface area contributed by atoms with E-state index in [1.165, 1.54) is 5.39 Å². The van der Waals surface area contributed by atoms with Gasteiger partial charge in [-0.2, -0.15) is 0 Å². The smallest absolute Gasteiger partial charge is 0.330 e. The summed E-state index contributed by atoms with van der Waals surface area (Å²) in [6.45, 7) is 2.12. The molecule has 1 N–H and O–H groups in total. The van der Waals surface area contributed by atoms with E-state index in [9.17, 15) is 9.59 Å². The van der Waals surface area contributed by atoms with Crippen LogP contribution in [-0.2, 0) is 22.5 Å². The van der Waals surface area contributed by atoms with E-state index < -0.39 is 0 Å². The second kappa shape index (κ2) is 8.63. The molecule has 0 aliphatic carbocycles. The number of imidazole rings is 1. The van der Waals surface area contributed by atoms with Crippen molar-refractivity contribution in [2.45, 2.75) is 31.8 Å². The molecule has 0 spiro atoms. The number of amides is 1. The molecule has 0 unspecified atom stereocenters. The van der Waals surface area contributed by atoms with Crippen LogP contribution >= 0.6 is 0 Å². The number of nitrogens with one attached hydrogen (secondary N) is 1. The van der Waals surface area contributed by atoms with E-state index in [-0.39, 0.29) is 17.6 Å². The number of pyridine rings is 1. The largest absolute Gasteiger partial charge is 0.383 e. The first-order valence-corrected chi connectivity index (χ1v) is 11.0. The summed E-state index contributed by atoms with van der Waals surface area (Å²) in [6.07, 6.45) is 5.60. The number of para-hydroxylation sites is 1. The number of carbonyl (C=O) groups excluding carboxylic acids is 1. The summed E-state index contributed by atoms with van der Waals surface area (Å²) in [6, 6.07) is 11.8. The average molecular weight is 434 g/mol. The van der Waals surface area contributed by atoms with Gasteiger partial charge in [0.15, 0.2) is 5.65 Å². The van der Waals surface area contributed by atoms with Crippen molar-refractivity contribution in [3.63, 3.8) is 0 Å². The number of aryl methyl sites for hydroxylation is 1. The Balaban J connectivity index is 1.31. The first kappa shape index (κ1) is 20.5. The molecular formula is C24H27N5O3. The molecule has 32 heavy (non-hydrogen) atoms. The van der Waals surface area contributed by atoms with Crippen molar-refractivity contribution in [1.29, 1.82) is 0 Å². The highest BCUT2D eigenvalue weighted by atomic mass is 16.5. The maximum absolute atomic E-state index is 13.2. The molecule has 1 aromatic carbocycles. The monoisotopic (exact) mass is 433 g/mol. The highest BCUT2D eigenvalue weighted by molar-refractivity contribution is 5.84. The predicted octanol–water partition coefficient (Wildman–Crippen LogP) is 2.73. The van der Waals surface area contributed by atoms with Gasteiger partial charge in [-0.25, -0.2) is 9.78 Å². The van der Waals surface area contributed by atoms with Gasteiger partial charge in [-0.1, -0.05) is 18.2 Å². The lowest BCUT2D eigenvalue weighted by atomic mass is 10.1. The number of likely N-dealkylation sites (tertiary alicyclic amines) is 1. The van der Waals surface area contributed by atoms with Gasteiger partial charge in [0.1, 0.15) is 0 Å². The van der Waals surface area contributed by atoms with Crippen LogP contribution in [0.1, 0.15) is 24.4 Å². The van der Waals surface area contributed by atoms with E-state index in [4.69, 9.17) is 4.74 Å². The summed E-state index contributed by atoms with van der Waals surface area (Å²) >= 11 is 0. The number of aromatic amines is 1. The molecule has 166 valence electrons. The second-order valence-corrected chi connectivity index (χ2v) is 8.28. The zero-order valence-electron chi connectivity index (χ0n) is 18.2. The van der Waals surface area contributed by atoms with Gasteiger partial charge in [-0.15, -0.1) is 0 Å². The summed E-state index contributed by atoms with van der Waals surface area (Å²) < 4.78 is 8.65. The van der Waals surface area contributed by atoms with Crippen molar-refractivity contribution >= 4 is 28.0 Å². The van der Waals surface area contributed by atoms with E-state index in [0.29, 0.717) is 44.7 Å². The molecule has 0 saturated carbocycles. The van der Waals surface area contributed by atoms with Crippen LogP contribution in [0.2, 0.25) is 0 Å². The Hall–Kier alpha value is -3.39. The van der Waals surface area contributed by atoms with Gasteiger partial charge in [0.25, 0.3) is 0 Å². The molecule has 1 saturated heterocycles. The van der Waals surface area contributed by atoms with E-state index in [0.717, 1.165) is 23.0 Å². The lowest BCUT2D eigenvalue weighted by Gasteiger charge is -2.17. The zero-order chi connectivity index (χ0) is 22.1. The lowest BCUT2D eigenvalue weighted by molar-refractivity contribution is -0.130. The third-order valence-corrected chi connectivity index (χ3v) is 6.41. The summed E-state index contributed by atoms with van der Waals surface area (Å²) in [7, 11) is 1.62. The molecule has 1 aliphatic heterocycles. The molecule has 0 radical (unpaired) electrons. The highest BCUT2D eigenvalue weighted by Gasteiger charge is 2.30. The highest BCUT2D eigenvalue weighted by Crippen LogP contribution is 2.25. The molecular weight excluding hydrogens is 406 g/mol. The molecule has 0 bridgehead atoms. The Morgan fingerprint density at radius 2 is 2.12 bits per heavy atom. The number of nitrogens with zero attached hydrogens (tertiary/aromatic N) is 4. The molecule has 3 aromatic heterocycles.